The van der Waals surface area contributed by atoms with E-state index < -0.39 is 11.5 Å². The third-order valence-electron chi connectivity index (χ3n) is 4.38. The Morgan fingerprint density at radius 3 is 2.40 bits per heavy atom. The summed E-state index contributed by atoms with van der Waals surface area (Å²) in [5.41, 5.74) is -1.41. The number of carboxylic acids is 1. The van der Waals surface area contributed by atoms with Crippen molar-refractivity contribution in [2.24, 2.45) is 9.98 Å². The maximum absolute atomic E-state index is 12.5. The van der Waals surface area contributed by atoms with Crippen molar-refractivity contribution in [1.82, 2.24) is 15.1 Å². The summed E-state index contributed by atoms with van der Waals surface area (Å²) < 4.78 is 0. The SMILES string of the molecule is C=NCC(C)(C(=O)O)N(C)C(=O)CC(CCCN(C)C(=N)N=C)NC. The van der Waals surface area contributed by atoms with Crippen LogP contribution < -0.4 is 5.32 Å². The average Bonchev–Trinajstić information content (AvgIpc) is 2.58. The normalized spacial score (nSPS) is 14.1. The molecule has 9 heteroatoms. The molecular weight excluding hydrogens is 324 g/mol. The first-order chi connectivity index (χ1) is 11.6. The Balaban J connectivity index is 4.71. The van der Waals surface area contributed by atoms with E-state index in [1.165, 1.54) is 18.9 Å². The Hall–Kier alpha value is -2.29. The van der Waals surface area contributed by atoms with E-state index in [1.54, 1.807) is 19.0 Å². The molecule has 0 spiro atoms. The van der Waals surface area contributed by atoms with Crippen LogP contribution in [-0.2, 0) is 9.59 Å². The quantitative estimate of drug-likeness (QED) is 0.364. The van der Waals surface area contributed by atoms with E-state index in [1.807, 2.05) is 0 Å². The molecule has 0 aromatic rings. The van der Waals surface area contributed by atoms with Crippen molar-refractivity contribution >= 4 is 31.3 Å². The average molecular weight is 354 g/mol. The minimum atomic E-state index is -1.41. The minimum absolute atomic E-state index is 0.0732. The first-order valence-electron chi connectivity index (χ1n) is 8.00. The molecule has 9 nitrogen and oxygen atoms in total. The van der Waals surface area contributed by atoms with Crippen LogP contribution in [0.1, 0.15) is 26.2 Å². The smallest absolute Gasteiger partial charge is 0.331 e. The maximum Gasteiger partial charge on any atom is 0.331 e. The zero-order valence-corrected chi connectivity index (χ0v) is 15.6. The predicted octanol–water partition coefficient (Wildman–Crippen LogP) is 0.314. The molecule has 0 bridgehead atoms. The third kappa shape index (κ3) is 6.61. The van der Waals surface area contributed by atoms with Gasteiger partial charge in [-0.25, -0.2) is 9.79 Å². The Kier molecular flexibility index (Phi) is 9.58. The summed E-state index contributed by atoms with van der Waals surface area (Å²) in [6, 6.07) is -0.0936. The second kappa shape index (κ2) is 10.5. The predicted molar refractivity (Wildman–Crippen MR) is 99.8 cm³/mol. The zero-order chi connectivity index (χ0) is 19.6. The molecule has 0 aromatic carbocycles. The van der Waals surface area contributed by atoms with Crippen LogP contribution in [0.15, 0.2) is 9.98 Å². The topological polar surface area (TPSA) is 121 Å². The summed E-state index contributed by atoms with van der Waals surface area (Å²) >= 11 is 0. The zero-order valence-electron chi connectivity index (χ0n) is 15.6. The van der Waals surface area contributed by atoms with E-state index in [0.29, 0.717) is 13.0 Å². The minimum Gasteiger partial charge on any atom is -0.479 e. The largest absolute Gasteiger partial charge is 0.479 e. The molecule has 0 aliphatic heterocycles. The van der Waals surface area contributed by atoms with Crippen molar-refractivity contribution in [2.45, 2.75) is 37.8 Å². The van der Waals surface area contributed by atoms with Crippen molar-refractivity contribution in [3.8, 4) is 0 Å². The molecule has 3 N–H and O–H groups in total. The van der Waals surface area contributed by atoms with Crippen LogP contribution in [0.2, 0.25) is 0 Å². The van der Waals surface area contributed by atoms with E-state index in [2.05, 4.69) is 28.7 Å². The molecule has 0 aliphatic carbocycles. The van der Waals surface area contributed by atoms with Gasteiger partial charge < -0.3 is 20.2 Å². The Labute approximate surface area is 149 Å². The van der Waals surface area contributed by atoms with E-state index >= 15 is 0 Å². The fraction of sp³-hybridized carbons (Fsp3) is 0.688. The van der Waals surface area contributed by atoms with Crippen LogP contribution in [-0.4, -0.2) is 92.0 Å². The summed E-state index contributed by atoms with van der Waals surface area (Å²) in [5.74, 6) is -1.29. The van der Waals surface area contributed by atoms with Crippen LogP contribution in [0.25, 0.3) is 0 Å². The van der Waals surface area contributed by atoms with Crippen LogP contribution >= 0.6 is 0 Å². The molecule has 0 aliphatic rings. The van der Waals surface area contributed by atoms with Gasteiger partial charge in [0.05, 0.1) is 6.54 Å². The number of hydrogen-bond acceptors (Lipinski definition) is 5. The fourth-order valence-corrected chi connectivity index (χ4v) is 2.31. The molecule has 142 valence electrons. The first kappa shape index (κ1) is 22.7. The summed E-state index contributed by atoms with van der Waals surface area (Å²) in [4.78, 5) is 34.1. The Bertz CT molecular complexity index is 510. The summed E-state index contributed by atoms with van der Waals surface area (Å²) in [5, 5.41) is 20.0. The van der Waals surface area contributed by atoms with Crippen LogP contribution in [0.5, 0.6) is 0 Å². The summed E-state index contributed by atoms with van der Waals surface area (Å²) in [6.45, 7) is 8.64. The summed E-state index contributed by atoms with van der Waals surface area (Å²) in [7, 11) is 4.99. The highest BCUT2D eigenvalue weighted by molar-refractivity contribution is 5.87. The highest BCUT2D eigenvalue weighted by Gasteiger charge is 2.40. The molecule has 0 heterocycles. The van der Waals surface area contributed by atoms with Gasteiger partial charge in [0.25, 0.3) is 0 Å². The molecule has 2 atom stereocenters. The highest BCUT2D eigenvalue weighted by Crippen LogP contribution is 2.17. The van der Waals surface area contributed by atoms with Crippen LogP contribution in [0, 0.1) is 5.41 Å². The Morgan fingerprint density at radius 1 is 1.36 bits per heavy atom. The third-order valence-corrected chi connectivity index (χ3v) is 4.38. The van der Waals surface area contributed by atoms with Crippen molar-refractivity contribution in [1.29, 1.82) is 5.41 Å². The molecule has 0 fully saturated rings. The molecule has 0 saturated heterocycles. The number of carboxylic acid groups (broad SMARTS) is 1. The van der Waals surface area contributed by atoms with Gasteiger partial charge >= 0.3 is 5.97 Å². The molecule has 2 unspecified atom stereocenters. The number of carbonyl (C=O) groups excluding carboxylic acids is 1. The molecule has 0 saturated carbocycles. The molecule has 25 heavy (non-hydrogen) atoms. The van der Waals surface area contributed by atoms with Gasteiger partial charge in [-0.1, -0.05) is 0 Å². The second-order valence-corrected chi connectivity index (χ2v) is 6.15. The number of rotatable bonds is 11. The van der Waals surface area contributed by atoms with E-state index in [9.17, 15) is 14.7 Å². The second-order valence-electron chi connectivity index (χ2n) is 6.15. The van der Waals surface area contributed by atoms with Crippen molar-refractivity contribution in [3.05, 3.63) is 0 Å². The number of hydrogen-bond donors (Lipinski definition) is 3. The number of amides is 1. The lowest BCUT2D eigenvalue weighted by atomic mass is 9.99. The number of aliphatic carboxylic acids is 1. The van der Waals surface area contributed by atoms with Gasteiger partial charge in [-0.2, -0.15) is 0 Å². The molecule has 1 amide bonds. The number of nitrogens with one attached hydrogen (secondary N) is 2. The van der Waals surface area contributed by atoms with Crippen molar-refractivity contribution in [2.75, 3.05) is 34.2 Å². The van der Waals surface area contributed by atoms with Gasteiger partial charge in [-0.05, 0) is 40.2 Å². The lowest BCUT2D eigenvalue weighted by Crippen LogP contribution is -2.56. The Morgan fingerprint density at radius 2 is 1.96 bits per heavy atom. The number of aliphatic imine (C=N–C) groups is 2. The fourth-order valence-electron chi connectivity index (χ4n) is 2.31. The lowest BCUT2D eigenvalue weighted by Gasteiger charge is -2.34. The molecule has 0 rings (SSSR count). The number of guanidine groups is 1. The highest BCUT2D eigenvalue weighted by atomic mass is 16.4. The molecule has 0 aromatic heterocycles. The van der Waals surface area contributed by atoms with Gasteiger partial charge in [0, 0.05) is 33.1 Å². The van der Waals surface area contributed by atoms with Crippen molar-refractivity contribution in [3.63, 3.8) is 0 Å². The van der Waals surface area contributed by atoms with Crippen molar-refractivity contribution < 1.29 is 14.7 Å². The molecule has 0 radical (unpaired) electrons. The monoisotopic (exact) mass is 354 g/mol. The van der Waals surface area contributed by atoms with Crippen LogP contribution in [0.4, 0.5) is 0 Å². The summed E-state index contributed by atoms with van der Waals surface area (Å²) in [6.07, 6.45) is 1.63. The van der Waals surface area contributed by atoms with Gasteiger partial charge in [-0.3, -0.25) is 15.2 Å². The van der Waals surface area contributed by atoms with E-state index in [0.717, 1.165) is 6.42 Å². The first-order valence-corrected chi connectivity index (χ1v) is 8.00. The van der Waals surface area contributed by atoms with Gasteiger partial charge in [0.15, 0.2) is 5.54 Å². The maximum atomic E-state index is 12.5. The van der Waals surface area contributed by atoms with Gasteiger partial charge in [-0.15, -0.1) is 0 Å². The van der Waals surface area contributed by atoms with Gasteiger partial charge in [0.2, 0.25) is 11.9 Å². The number of likely N-dealkylation sites (N-methyl/N-ethyl adjacent to an activating group) is 1. The molecular formula is C16H30N6O3. The lowest BCUT2D eigenvalue weighted by molar-refractivity contribution is -0.156. The van der Waals surface area contributed by atoms with E-state index in [-0.39, 0.29) is 30.9 Å². The van der Waals surface area contributed by atoms with Gasteiger partial charge in [0.1, 0.15) is 0 Å². The van der Waals surface area contributed by atoms with E-state index in [4.69, 9.17) is 5.41 Å². The number of nitrogens with zero attached hydrogens (tertiary/aromatic N) is 4. The standard InChI is InChI=1S/C16H30N6O3/c1-16(11-18-2,14(24)25)22(6)13(23)10-12(19-3)8-7-9-21(5)15(17)20-4/h12,17,19H,2,4,7-11H2,1,3,5-6H3,(H,24,25). The number of carbonyl (C=O) groups is 2. The van der Waals surface area contributed by atoms with Crippen LogP contribution in [0.3, 0.4) is 0 Å².